The first-order valence-corrected chi connectivity index (χ1v) is 6.72. The zero-order chi connectivity index (χ0) is 13.8. The van der Waals surface area contributed by atoms with Gasteiger partial charge in [-0.1, -0.05) is 13.0 Å². The molecular formula is C15H19FO3. The summed E-state index contributed by atoms with van der Waals surface area (Å²) in [6, 6.07) is 4.77. The van der Waals surface area contributed by atoms with E-state index >= 15 is 0 Å². The first-order chi connectivity index (χ1) is 9.15. The Kier molecular flexibility index (Phi) is 4.53. The van der Waals surface area contributed by atoms with Crippen LogP contribution >= 0.6 is 0 Å². The van der Waals surface area contributed by atoms with Crippen LogP contribution in [0.2, 0.25) is 0 Å². The molecule has 1 aromatic carbocycles. The summed E-state index contributed by atoms with van der Waals surface area (Å²) in [7, 11) is 0. The third-order valence-electron chi connectivity index (χ3n) is 3.35. The minimum atomic E-state index is -0.312. The number of aliphatic hydroxyl groups excluding tert-OH is 1. The fraction of sp³-hybridized carbons (Fsp3) is 0.533. The van der Waals surface area contributed by atoms with Crippen LogP contribution in [0.1, 0.15) is 36.8 Å². The van der Waals surface area contributed by atoms with E-state index in [1.165, 1.54) is 12.1 Å². The SMILES string of the molecule is CCCOC(=O)C1CC1c1cc(F)cc(CCO)c1. The second-order valence-electron chi connectivity index (χ2n) is 4.98. The van der Waals surface area contributed by atoms with Gasteiger partial charge in [0.15, 0.2) is 0 Å². The lowest BCUT2D eigenvalue weighted by molar-refractivity contribution is -0.145. The number of rotatable bonds is 6. The van der Waals surface area contributed by atoms with Gasteiger partial charge < -0.3 is 9.84 Å². The van der Waals surface area contributed by atoms with Gasteiger partial charge in [0.25, 0.3) is 0 Å². The fourth-order valence-electron chi connectivity index (χ4n) is 2.30. The van der Waals surface area contributed by atoms with Crippen molar-refractivity contribution in [2.24, 2.45) is 5.92 Å². The summed E-state index contributed by atoms with van der Waals surface area (Å²) >= 11 is 0. The average Bonchev–Trinajstić information content (AvgIpc) is 3.16. The highest BCUT2D eigenvalue weighted by molar-refractivity contribution is 5.77. The van der Waals surface area contributed by atoms with Gasteiger partial charge in [-0.15, -0.1) is 0 Å². The largest absolute Gasteiger partial charge is 0.465 e. The maximum atomic E-state index is 13.5. The molecule has 3 nitrogen and oxygen atoms in total. The molecule has 2 rings (SSSR count). The molecule has 0 saturated heterocycles. The summed E-state index contributed by atoms with van der Waals surface area (Å²) in [5.74, 6) is -0.554. The first-order valence-electron chi connectivity index (χ1n) is 6.72. The van der Waals surface area contributed by atoms with Gasteiger partial charge in [-0.05, 0) is 48.4 Å². The normalized spacial score (nSPS) is 21.2. The van der Waals surface area contributed by atoms with Gasteiger partial charge in [-0.3, -0.25) is 4.79 Å². The summed E-state index contributed by atoms with van der Waals surface area (Å²) in [5, 5.41) is 8.90. The average molecular weight is 266 g/mol. The van der Waals surface area contributed by atoms with Crippen LogP contribution in [0.15, 0.2) is 18.2 Å². The van der Waals surface area contributed by atoms with Crippen LogP contribution in [-0.2, 0) is 16.0 Å². The molecule has 0 aliphatic heterocycles. The van der Waals surface area contributed by atoms with Gasteiger partial charge in [-0.2, -0.15) is 0 Å². The molecule has 104 valence electrons. The maximum Gasteiger partial charge on any atom is 0.309 e. The molecule has 2 unspecified atom stereocenters. The lowest BCUT2D eigenvalue weighted by Gasteiger charge is -2.05. The van der Waals surface area contributed by atoms with Crippen molar-refractivity contribution in [3.63, 3.8) is 0 Å². The number of carbonyl (C=O) groups excluding carboxylic acids is 1. The van der Waals surface area contributed by atoms with E-state index in [0.29, 0.717) is 13.0 Å². The molecule has 1 N–H and O–H groups in total. The Morgan fingerprint density at radius 1 is 1.47 bits per heavy atom. The smallest absolute Gasteiger partial charge is 0.309 e. The first kappa shape index (κ1) is 14.0. The van der Waals surface area contributed by atoms with E-state index in [0.717, 1.165) is 24.0 Å². The second kappa shape index (κ2) is 6.15. The quantitative estimate of drug-likeness (QED) is 0.804. The van der Waals surface area contributed by atoms with E-state index in [-0.39, 0.29) is 30.2 Å². The Morgan fingerprint density at radius 2 is 2.26 bits per heavy atom. The zero-order valence-electron chi connectivity index (χ0n) is 11.1. The Morgan fingerprint density at radius 3 is 2.95 bits per heavy atom. The number of benzene rings is 1. The summed E-state index contributed by atoms with van der Waals surface area (Å²) < 4.78 is 18.6. The number of hydrogen-bond acceptors (Lipinski definition) is 3. The van der Waals surface area contributed by atoms with E-state index < -0.39 is 0 Å². The Balaban J connectivity index is 2.02. The van der Waals surface area contributed by atoms with Gasteiger partial charge in [0.2, 0.25) is 0 Å². The molecule has 0 amide bonds. The predicted octanol–water partition coefficient (Wildman–Crippen LogP) is 2.42. The molecule has 0 heterocycles. The molecule has 0 spiro atoms. The third-order valence-corrected chi connectivity index (χ3v) is 3.35. The number of ether oxygens (including phenoxy) is 1. The van der Waals surface area contributed by atoms with Crippen LogP contribution < -0.4 is 0 Å². The van der Waals surface area contributed by atoms with Gasteiger partial charge in [0, 0.05) is 6.61 Å². The molecule has 2 atom stereocenters. The third kappa shape index (κ3) is 3.53. The molecule has 0 bridgehead atoms. The molecular weight excluding hydrogens is 247 g/mol. The number of hydrogen-bond donors (Lipinski definition) is 1. The molecule has 19 heavy (non-hydrogen) atoms. The van der Waals surface area contributed by atoms with E-state index in [1.54, 1.807) is 0 Å². The molecule has 4 heteroatoms. The predicted molar refractivity (Wildman–Crippen MR) is 69.3 cm³/mol. The highest BCUT2D eigenvalue weighted by Crippen LogP contribution is 2.48. The van der Waals surface area contributed by atoms with Crippen molar-refractivity contribution >= 4 is 5.97 Å². The Hall–Kier alpha value is -1.42. The van der Waals surface area contributed by atoms with Gasteiger partial charge in [0.05, 0.1) is 12.5 Å². The van der Waals surface area contributed by atoms with Gasteiger partial charge in [0.1, 0.15) is 5.82 Å². The van der Waals surface area contributed by atoms with Crippen molar-refractivity contribution in [2.45, 2.75) is 32.1 Å². The summed E-state index contributed by atoms with van der Waals surface area (Å²) in [6.07, 6.45) is 1.97. The molecule has 1 aliphatic rings. The molecule has 1 fully saturated rings. The molecule has 1 aromatic rings. The fourth-order valence-corrected chi connectivity index (χ4v) is 2.30. The van der Waals surface area contributed by atoms with Gasteiger partial charge >= 0.3 is 5.97 Å². The van der Waals surface area contributed by atoms with Crippen LogP contribution in [0.4, 0.5) is 4.39 Å². The van der Waals surface area contributed by atoms with Crippen LogP contribution in [0.25, 0.3) is 0 Å². The Bertz CT molecular complexity index is 459. The van der Waals surface area contributed by atoms with Crippen molar-refractivity contribution in [2.75, 3.05) is 13.2 Å². The highest BCUT2D eigenvalue weighted by Gasteiger charge is 2.45. The van der Waals surface area contributed by atoms with E-state index in [4.69, 9.17) is 9.84 Å². The number of esters is 1. The number of halogens is 1. The summed E-state index contributed by atoms with van der Waals surface area (Å²) in [5.41, 5.74) is 1.60. The molecule has 1 saturated carbocycles. The lowest BCUT2D eigenvalue weighted by atomic mass is 10.0. The van der Waals surface area contributed by atoms with Crippen LogP contribution in [0.5, 0.6) is 0 Å². The topological polar surface area (TPSA) is 46.5 Å². The standard InChI is InChI=1S/C15H19FO3/c1-2-5-19-15(18)14-9-13(14)11-6-10(3-4-17)7-12(16)8-11/h6-8,13-14,17H,2-5,9H2,1H3. The van der Waals surface area contributed by atoms with E-state index in [1.807, 2.05) is 13.0 Å². The summed E-state index contributed by atoms with van der Waals surface area (Å²) in [6.45, 7) is 2.39. The Labute approximate surface area is 112 Å². The van der Waals surface area contributed by atoms with Crippen molar-refractivity contribution in [3.8, 4) is 0 Å². The second-order valence-corrected chi connectivity index (χ2v) is 4.98. The number of aliphatic hydroxyl groups is 1. The summed E-state index contributed by atoms with van der Waals surface area (Å²) in [4.78, 5) is 11.7. The molecule has 1 aliphatic carbocycles. The van der Waals surface area contributed by atoms with Crippen molar-refractivity contribution in [1.29, 1.82) is 0 Å². The van der Waals surface area contributed by atoms with Crippen molar-refractivity contribution in [1.82, 2.24) is 0 Å². The van der Waals surface area contributed by atoms with Gasteiger partial charge in [-0.25, -0.2) is 4.39 Å². The van der Waals surface area contributed by atoms with Crippen LogP contribution in [0, 0.1) is 11.7 Å². The zero-order valence-corrected chi connectivity index (χ0v) is 11.1. The lowest BCUT2D eigenvalue weighted by Crippen LogP contribution is -2.08. The van der Waals surface area contributed by atoms with Crippen molar-refractivity contribution < 1.29 is 19.0 Å². The minimum absolute atomic E-state index is 0.00443. The van der Waals surface area contributed by atoms with Crippen LogP contribution in [-0.4, -0.2) is 24.3 Å². The van der Waals surface area contributed by atoms with Crippen molar-refractivity contribution in [3.05, 3.63) is 35.1 Å². The molecule has 0 radical (unpaired) electrons. The van der Waals surface area contributed by atoms with Crippen LogP contribution in [0.3, 0.4) is 0 Å². The monoisotopic (exact) mass is 266 g/mol. The molecule has 0 aromatic heterocycles. The van der Waals surface area contributed by atoms with E-state index in [2.05, 4.69) is 0 Å². The highest BCUT2D eigenvalue weighted by atomic mass is 19.1. The number of carbonyl (C=O) groups is 1. The minimum Gasteiger partial charge on any atom is -0.465 e. The van der Waals surface area contributed by atoms with E-state index in [9.17, 15) is 9.18 Å². The maximum absolute atomic E-state index is 13.5.